The third-order valence-electron chi connectivity index (χ3n) is 10.9. The lowest BCUT2D eigenvalue weighted by Gasteiger charge is -2.12. The number of nitrogens with zero attached hydrogens (tertiary/aromatic N) is 3. The van der Waals surface area contributed by atoms with Crippen LogP contribution in [0.5, 0.6) is 0 Å². The zero-order valence-electron chi connectivity index (χ0n) is 43.0. The second-order valence-electron chi connectivity index (χ2n) is 14.0. The van der Waals surface area contributed by atoms with Gasteiger partial charge in [-0.3, -0.25) is 0 Å². The van der Waals surface area contributed by atoms with Crippen molar-refractivity contribution in [2.24, 2.45) is 0 Å². The Hall–Kier alpha value is -7.62. The van der Waals surface area contributed by atoms with Crippen LogP contribution in [0.2, 0.25) is 0 Å². The van der Waals surface area contributed by atoms with Gasteiger partial charge in [-0.1, -0.05) is 139 Å². The van der Waals surface area contributed by atoms with Crippen LogP contribution in [0.4, 0.5) is 0 Å². The fourth-order valence-electron chi connectivity index (χ4n) is 8.43. The van der Waals surface area contributed by atoms with Crippen molar-refractivity contribution in [2.45, 2.75) is 0 Å². The molecule has 0 N–H and O–H groups in total. The Morgan fingerprint density at radius 3 is 1.14 bits per heavy atom. The van der Waals surface area contributed by atoms with Gasteiger partial charge in [0.2, 0.25) is 0 Å². The molecule has 9 aromatic carbocycles. The molecule has 0 fully saturated rings. The van der Waals surface area contributed by atoms with Crippen molar-refractivity contribution in [1.82, 2.24) is 13.7 Å². The Morgan fingerprint density at radius 2 is 0.649 bits per heavy atom. The first-order valence-corrected chi connectivity index (χ1v) is 18.5. The van der Waals surface area contributed by atoms with Crippen LogP contribution in [-0.4, -0.2) is 13.7 Å². The number of rotatable bonds is 5. The largest absolute Gasteiger partial charge is 0.309 e. The van der Waals surface area contributed by atoms with E-state index in [-0.39, 0.29) is 5.69 Å². The Labute approximate surface area is 347 Å². The summed E-state index contributed by atoms with van der Waals surface area (Å²) in [5.74, 6) is 0. The lowest BCUT2D eigenvalue weighted by molar-refractivity contribution is 1.16. The molecule has 0 bridgehead atoms. The van der Waals surface area contributed by atoms with Gasteiger partial charge in [-0.25, -0.2) is 0 Å². The molecule has 12 aromatic rings. The number of fused-ring (bicyclic) bond motifs is 9. The van der Waals surface area contributed by atoms with Crippen molar-refractivity contribution in [3.05, 3.63) is 212 Å². The summed E-state index contributed by atoms with van der Waals surface area (Å²) >= 11 is 0. The Morgan fingerprint density at radius 1 is 0.281 bits per heavy atom. The molecule has 3 aromatic heterocycles. The number of hydrogen-bond donors (Lipinski definition) is 0. The number of benzene rings is 9. The quantitative estimate of drug-likeness (QED) is 0.167. The highest BCUT2D eigenvalue weighted by atomic mass is 15.0. The molecular formula is C54H35N3. The first kappa shape index (κ1) is 21.5. The zero-order valence-corrected chi connectivity index (χ0v) is 30.0. The van der Waals surface area contributed by atoms with E-state index in [9.17, 15) is 2.74 Å². The van der Waals surface area contributed by atoms with Crippen LogP contribution in [0.3, 0.4) is 0 Å². The van der Waals surface area contributed by atoms with E-state index in [1.807, 2.05) is 48.5 Å². The average molecular weight is 739 g/mol. The maximum Gasteiger partial charge on any atom is 0.0651 e. The van der Waals surface area contributed by atoms with Crippen LogP contribution in [0.15, 0.2) is 212 Å². The highest BCUT2D eigenvalue weighted by Crippen LogP contribution is 2.39. The van der Waals surface area contributed by atoms with Gasteiger partial charge in [0, 0.05) is 49.4 Å². The van der Waals surface area contributed by atoms with Crippen LogP contribution >= 0.6 is 0 Å². The first-order chi connectivity index (χ1) is 33.7. The average Bonchev–Trinajstić information content (AvgIpc) is 4.01. The predicted molar refractivity (Wildman–Crippen MR) is 240 cm³/mol. The molecule has 3 heteroatoms. The Kier molecular flexibility index (Phi) is 4.69. The zero-order chi connectivity index (χ0) is 48.8. The predicted octanol–water partition coefficient (Wildman–Crippen LogP) is 14.3. The molecule has 57 heavy (non-hydrogen) atoms. The summed E-state index contributed by atoms with van der Waals surface area (Å²) in [6, 6.07) is 36.1. The molecule has 3 nitrogen and oxygen atoms in total. The van der Waals surface area contributed by atoms with E-state index in [0.29, 0.717) is 11.0 Å². The lowest BCUT2D eigenvalue weighted by atomic mass is 10.00. The maximum atomic E-state index is 9.71. The molecule has 0 atom stereocenters. The second kappa shape index (κ2) is 12.5. The van der Waals surface area contributed by atoms with E-state index in [2.05, 4.69) is 94.1 Å². The monoisotopic (exact) mass is 738 g/mol. The normalized spacial score (nSPS) is 15.1. The molecule has 3 heterocycles. The van der Waals surface area contributed by atoms with Crippen molar-refractivity contribution in [2.75, 3.05) is 0 Å². The maximum absolute atomic E-state index is 9.71. The van der Waals surface area contributed by atoms with Crippen molar-refractivity contribution in [3.8, 4) is 39.3 Å². The van der Waals surface area contributed by atoms with Gasteiger partial charge < -0.3 is 13.7 Å². The van der Waals surface area contributed by atoms with E-state index >= 15 is 0 Å². The van der Waals surface area contributed by atoms with Gasteiger partial charge in [-0.05, 0) is 95.0 Å². The SMILES string of the molecule is [2H]c1c([2H])c([2H])c(-c2c([2H])c([2H])c(-c3c([2H])c([2H])c([2H])c(-n4c5ccccc5c5cc(-n6c7ccccc7c7cc(-n8c9ccccc9c9ccccc98)ccc76)ccc54)c3[2H])c([2H])c2[2H])c([2H])c1[2H]. The third kappa shape index (κ3) is 4.86. The second-order valence-corrected chi connectivity index (χ2v) is 14.0. The van der Waals surface area contributed by atoms with Crippen LogP contribution in [0.25, 0.3) is 105 Å². The minimum Gasteiger partial charge on any atom is -0.309 e. The lowest BCUT2D eigenvalue weighted by Crippen LogP contribution is -1.97. The smallest absolute Gasteiger partial charge is 0.0651 e. The van der Waals surface area contributed by atoms with Gasteiger partial charge in [0.05, 0.1) is 50.9 Å². The topological polar surface area (TPSA) is 14.8 Å². The van der Waals surface area contributed by atoms with E-state index < -0.39 is 101 Å². The number of hydrogen-bond acceptors (Lipinski definition) is 0. The van der Waals surface area contributed by atoms with Gasteiger partial charge >= 0.3 is 0 Å². The van der Waals surface area contributed by atoms with Crippen LogP contribution in [0.1, 0.15) is 17.8 Å². The molecule has 0 radical (unpaired) electrons. The summed E-state index contributed by atoms with van der Waals surface area (Å²) < 4.78 is 121. The van der Waals surface area contributed by atoms with E-state index in [1.54, 1.807) is 4.57 Å². The summed E-state index contributed by atoms with van der Waals surface area (Å²) in [5.41, 5.74) is 5.09. The molecule has 0 unspecified atom stereocenters. The van der Waals surface area contributed by atoms with Crippen molar-refractivity contribution < 1.29 is 17.8 Å². The summed E-state index contributed by atoms with van der Waals surface area (Å²) in [6.45, 7) is 0. The molecule has 266 valence electrons. The molecule has 0 spiro atoms. The molecule has 0 amide bonds. The summed E-state index contributed by atoms with van der Waals surface area (Å²) in [7, 11) is 0. The number of para-hydroxylation sites is 4. The van der Waals surface area contributed by atoms with E-state index in [1.165, 1.54) is 10.8 Å². The molecule has 0 saturated carbocycles. The standard InChI is InChI=1S/C54H35N3/c1-2-13-36(14-3-1)37-25-27-38(28-26-37)39-15-12-16-40(33-39)55-51-23-10-6-19-45(51)47-35-42(30-31-53(47)55)57-52-24-11-7-20-46(52)48-34-41(29-32-54(48)57)56-49-21-8-4-17-43(49)44-18-5-9-22-50(44)56/h1-35H/i1D,2D,3D,12D,13D,14D,15D,16D,25D,26D,27D,28D,33D. The fourth-order valence-corrected chi connectivity index (χ4v) is 8.43. The van der Waals surface area contributed by atoms with Crippen LogP contribution in [-0.2, 0) is 0 Å². The van der Waals surface area contributed by atoms with Crippen molar-refractivity contribution in [1.29, 1.82) is 0 Å². The summed E-state index contributed by atoms with van der Waals surface area (Å²) in [4.78, 5) is 0. The molecular weight excluding hydrogens is 691 g/mol. The molecule has 0 aliphatic heterocycles. The van der Waals surface area contributed by atoms with Crippen molar-refractivity contribution in [3.63, 3.8) is 0 Å². The number of aromatic nitrogens is 3. The van der Waals surface area contributed by atoms with Gasteiger partial charge in [0.1, 0.15) is 0 Å². The minimum atomic E-state index is -0.756. The third-order valence-corrected chi connectivity index (χ3v) is 10.9. The summed E-state index contributed by atoms with van der Waals surface area (Å²) in [5, 5.41) is 5.98. The van der Waals surface area contributed by atoms with E-state index in [4.69, 9.17) is 15.1 Å². The van der Waals surface area contributed by atoms with Crippen molar-refractivity contribution >= 4 is 65.4 Å². The van der Waals surface area contributed by atoms with Crippen LogP contribution < -0.4 is 0 Å². The Bertz CT molecular complexity index is 4190. The highest BCUT2D eigenvalue weighted by Gasteiger charge is 2.18. The Balaban J connectivity index is 1.06. The molecule has 0 aliphatic carbocycles. The van der Waals surface area contributed by atoms with Gasteiger partial charge in [-0.15, -0.1) is 0 Å². The highest BCUT2D eigenvalue weighted by molar-refractivity contribution is 6.14. The molecule has 0 saturated heterocycles. The van der Waals surface area contributed by atoms with E-state index in [0.717, 1.165) is 55.0 Å². The molecule has 0 aliphatic rings. The van der Waals surface area contributed by atoms with Gasteiger partial charge in [0.15, 0.2) is 0 Å². The van der Waals surface area contributed by atoms with Gasteiger partial charge in [0.25, 0.3) is 0 Å². The van der Waals surface area contributed by atoms with Gasteiger partial charge in [-0.2, -0.15) is 0 Å². The first-order valence-electron chi connectivity index (χ1n) is 25.0. The minimum absolute atomic E-state index is 0.115. The fraction of sp³-hybridized carbons (Fsp3) is 0. The summed E-state index contributed by atoms with van der Waals surface area (Å²) in [6.07, 6.45) is 0. The molecule has 12 rings (SSSR count). The van der Waals surface area contributed by atoms with Crippen LogP contribution in [0, 0.1) is 0 Å².